The van der Waals surface area contributed by atoms with Crippen LogP contribution in [-0.4, -0.2) is 62.5 Å². The van der Waals surface area contributed by atoms with Gasteiger partial charge in [0.1, 0.15) is 11.5 Å². The highest BCUT2D eigenvalue weighted by Crippen LogP contribution is 2.38. The van der Waals surface area contributed by atoms with Crippen molar-refractivity contribution < 1.29 is 19.1 Å². The summed E-state index contributed by atoms with van der Waals surface area (Å²) >= 11 is 0. The number of likely N-dealkylation sites (N-methyl/N-ethyl adjacent to an activating group) is 1. The molecule has 7 heteroatoms. The number of nitrogens with two attached hydrogens (primary N) is 1. The van der Waals surface area contributed by atoms with Crippen LogP contribution in [0.1, 0.15) is 24.4 Å². The summed E-state index contributed by atoms with van der Waals surface area (Å²) in [6.07, 6.45) is 1.82. The Morgan fingerprint density at radius 3 is 2.67 bits per heavy atom. The van der Waals surface area contributed by atoms with Gasteiger partial charge in [-0.15, -0.1) is 0 Å². The molecule has 1 fully saturated rings. The molecule has 0 aliphatic carbocycles. The van der Waals surface area contributed by atoms with Gasteiger partial charge in [0, 0.05) is 18.2 Å². The third-order valence-electron chi connectivity index (χ3n) is 4.20. The SMILES string of the molecule is COc1ccc([C@H]2CCCN2C(=O)CN(C)CC(N)=O)c(OC)c1. The maximum atomic E-state index is 12.6. The highest BCUT2D eigenvalue weighted by Gasteiger charge is 2.32. The maximum absolute atomic E-state index is 12.6. The van der Waals surface area contributed by atoms with Crippen LogP contribution in [0.2, 0.25) is 0 Å². The number of benzene rings is 1. The first-order valence-electron chi connectivity index (χ1n) is 7.94. The summed E-state index contributed by atoms with van der Waals surface area (Å²) in [5, 5.41) is 0. The molecule has 1 aliphatic rings. The first kappa shape index (κ1) is 18.1. The van der Waals surface area contributed by atoms with Crippen LogP contribution < -0.4 is 15.2 Å². The van der Waals surface area contributed by atoms with Crippen LogP contribution >= 0.6 is 0 Å². The van der Waals surface area contributed by atoms with Crippen molar-refractivity contribution >= 4 is 11.8 Å². The Labute approximate surface area is 142 Å². The molecule has 2 N–H and O–H groups in total. The van der Waals surface area contributed by atoms with Gasteiger partial charge in [-0.25, -0.2) is 0 Å². The second-order valence-corrected chi connectivity index (χ2v) is 5.99. The van der Waals surface area contributed by atoms with Crippen LogP contribution in [0.3, 0.4) is 0 Å². The Morgan fingerprint density at radius 2 is 2.04 bits per heavy atom. The van der Waals surface area contributed by atoms with Crippen molar-refractivity contribution in [3.05, 3.63) is 23.8 Å². The summed E-state index contributed by atoms with van der Waals surface area (Å²) in [6.45, 7) is 0.928. The smallest absolute Gasteiger partial charge is 0.237 e. The topological polar surface area (TPSA) is 85.1 Å². The fourth-order valence-corrected chi connectivity index (χ4v) is 3.13. The van der Waals surface area contributed by atoms with Crippen LogP contribution in [0.25, 0.3) is 0 Å². The van der Waals surface area contributed by atoms with E-state index in [2.05, 4.69) is 0 Å². The normalized spacial score (nSPS) is 17.2. The molecule has 0 bridgehead atoms. The molecule has 0 aromatic heterocycles. The lowest BCUT2D eigenvalue weighted by atomic mass is 10.0. The molecule has 0 saturated carbocycles. The molecular formula is C17H25N3O4. The van der Waals surface area contributed by atoms with E-state index in [1.807, 2.05) is 23.1 Å². The van der Waals surface area contributed by atoms with E-state index in [-0.39, 0.29) is 25.0 Å². The molecule has 24 heavy (non-hydrogen) atoms. The van der Waals surface area contributed by atoms with Crippen LogP contribution in [0.15, 0.2) is 18.2 Å². The summed E-state index contributed by atoms with van der Waals surface area (Å²) in [5.41, 5.74) is 6.15. The molecule has 0 radical (unpaired) electrons. The van der Waals surface area contributed by atoms with Gasteiger partial charge in [-0.2, -0.15) is 0 Å². The van der Waals surface area contributed by atoms with Crippen molar-refractivity contribution in [1.29, 1.82) is 0 Å². The predicted molar refractivity (Wildman–Crippen MR) is 89.9 cm³/mol. The molecule has 1 saturated heterocycles. The number of hydrogen-bond donors (Lipinski definition) is 1. The van der Waals surface area contributed by atoms with Gasteiger partial charge in [0.05, 0.1) is 33.4 Å². The first-order chi connectivity index (χ1) is 11.5. The van der Waals surface area contributed by atoms with Crippen LogP contribution in [0, 0.1) is 0 Å². The third kappa shape index (κ3) is 4.17. The van der Waals surface area contributed by atoms with Gasteiger partial charge < -0.3 is 20.1 Å². The van der Waals surface area contributed by atoms with Gasteiger partial charge >= 0.3 is 0 Å². The van der Waals surface area contributed by atoms with Crippen molar-refractivity contribution in [1.82, 2.24) is 9.80 Å². The number of methoxy groups -OCH3 is 2. The Hall–Kier alpha value is -2.28. The van der Waals surface area contributed by atoms with Gasteiger partial charge in [0.15, 0.2) is 0 Å². The predicted octanol–water partition coefficient (Wildman–Crippen LogP) is 0.784. The number of primary amides is 1. The summed E-state index contributed by atoms with van der Waals surface area (Å²) in [6, 6.07) is 5.62. The van der Waals surface area contributed by atoms with E-state index in [1.54, 1.807) is 26.2 Å². The van der Waals surface area contributed by atoms with Crippen molar-refractivity contribution in [2.24, 2.45) is 5.73 Å². The minimum Gasteiger partial charge on any atom is -0.497 e. The van der Waals surface area contributed by atoms with Gasteiger partial charge in [0.25, 0.3) is 0 Å². The van der Waals surface area contributed by atoms with E-state index < -0.39 is 5.91 Å². The molecule has 1 aromatic carbocycles. The van der Waals surface area contributed by atoms with E-state index in [0.717, 1.165) is 18.4 Å². The summed E-state index contributed by atoms with van der Waals surface area (Å²) < 4.78 is 10.7. The molecule has 1 aliphatic heterocycles. The number of amides is 2. The molecule has 7 nitrogen and oxygen atoms in total. The number of nitrogens with zero attached hydrogens (tertiary/aromatic N) is 2. The molecule has 0 spiro atoms. The average molecular weight is 335 g/mol. The van der Waals surface area contributed by atoms with Crippen molar-refractivity contribution in [3.8, 4) is 11.5 Å². The highest BCUT2D eigenvalue weighted by atomic mass is 16.5. The Balaban J connectivity index is 2.15. The van der Waals surface area contributed by atoms with Crippen molar-refractivity contribution in [2.45, 2.75) is 18.9 Å². The number of hydrogen-bond acceptors (Lipinski definition) is 5. The summed E-state index contributed by atoms with van der Waals surface area (Å²) in [4.78, 5) is 27.1. The molecule has 1 aromatic rings. The van der Waals surface area contributed by atoms with Crippen LogP contribution in [-0.2, 0) is 9.59 Å². The maximum Gasteiger partial charge on any atom is 0.237 e. The highest BCUT2D eigenvalue weighted by molar-refractivity contribution is 5.81. The number of ether oxygens (including phenoxy) is 2. The molecule has 0 unspecified atom stereocenters. The minimum absolute atomic E-state index is 0.0147. The van der Waals surface area contributed by atoms with E-state index in [9.17, 15) is 9.59 Å². The van der Waals surface area contributed by atoms with Crippen LogP contribution in [0.5, 0.6) is 11.5 Å². The van der Waals surface area contributed by atoms with Crippen LogP contribution in [0.4, 0.5) is 0 Å². The molecule has 132 valence electrons. The summed E-state index contributed by atoms with van der Waals surface area (Å²) in [7, 11) is 4.93. The molecule has 1 heterocycles. The summed E-state index contributed by atoms with van der Waals surface area (Å²) in [5.74, 6) is 0.969. The van der Waals surface area contributed by atoms with Gasteiger partial charge in [0.2, 0.25) is 11.8 Å². The Kier molecular flexibility index (Phi) is 6.03. The average Bonchev–Trinajstić information content (AvgIpc) is 3.02. The molecule has 1 atom stereocenters. The van der Waals surface area contributed by atoms with Gasteiger partial charge in [-0.05, 0) is 32.0 Å². The number of rotatable bonds is 7. The quantitative estimate of drug-likeness (QED) is 0.796. The Bertz CT molecular complexity index is 605. The standard InChI is InChI=1S/C17H25N3O4/c1-19(10-16(18)21)11-17(22)20-8-4-5-14(20)13-7-6-12(23-2)9-15(13)24-3/h6-7,9,14H,4-5,8,10-11H2,1-3H3,(H2,18,21)/t14-/m1/s1. The zero-order chi connectivity index (χ0) is 17.7. The first-order valence-corrected chi connectivity index (χ1v) is 7.94. The minimum atomic E-state index is -0.444. The lowest BCUT2D eigenvalue weighted by Gasteiger charge is -2.28. The molecule has 2 amide bonds. The third-order valence-corrected chi connectivity index (χ3v) is 4.20. The lowest BCUT2D eigenvalue weighted by Crippen LogP contribution is -2.41. The Morgan fingerprint density at radius 1 is 1.29 bits per heavy atom. The van der Waals surface area contributed by atoms with Gasteiger partial charge in [-0.3, -0.25) is 14.5 Å². The zero-order valence-corrected chi connectivity index (χ0v) is 14.4. The van der Waals surface area contributed by atoms with Crippen molar-refractivity contribution in [2.75, 3.05) is 40.9 Å². The number of carbonyl (C=O) groups excluding carboxylic acids is 2. The van der Waals surface area contributed by atoms with Crippen molar-refractivity contribution in [3.63, 3.8) is 0 Å². The zero-order valence-electron chi connectivity index (χ0n) is 14.4. The monoisotopic (exact) mass is 335 g/mol. The van der Waals surface area contributed by atoms with E-state index in [1.165, 1.54) is 0 Å². The van der Waals surface area contributed by atoms with E-state index in [0.29, 0.717) is 18.0 Å². The molecular weight excluding hydrogens is 310 g/mol. The molecule has 2 rings (SSSR count). The fourth-order valence-electron chi connectivity index (χ4n) is 3.13. The number of carbonyl (C=O) groups is 2. The number of likely N-dealkylation sites (tertiary alicyclic amines) is 1. The van der Waals surface area contributed by atoms with E-state index in [4.69, 9.17) is 15.2 Å². The second-order valence-electron chi connectivity index (χ2n) is 5.99. The fraction of sp³-hybridized carbons (Fsp3) is 0.529. The van der Waals surface area contributed by atoms with Gasteiger partial charge in [-0.1, -0.05) is 0 Å². The largest absolute Gasteiger partial charge is 0.497 e. The second kappa shape index (κ2) is 8.01. The lowest BCUT2D eigenvalue weighted by molar-refractivity contribution is -0.133. The van der Waals surface area contributed by atoms with E-state index >= 15 is 0 Å².